The van der Waals surface area contributed by atoms with Crippen molar-refractivity contribution in [2.45, 2.75) is 26.2 Å². The quantitative estimate of drug-likeness (QED) is 0.882. The van der Waals surface area contributed by atoms with Crippen LogP contribution in [-0.2, 0) is 11.2 Å². The second-order valence-corrected chi connectivity index (χ2v) is 5.62. The van der Waals surface area contributed by atoms with Crippen LogP contribution in [0, 0.1) is 11.7 Å². The van der Waals surface area contributed by atoms with E-state index in [-0.39, 0.29) is 23.6 Å². The van der Waals surface area contributed by atoms with Crippen molar-refractivity contribution >= 4 is 5.91 Å². The van der Waals surface area contributed by atoms with Crippen molar-refractivity contribution in [3.05, 3.63) is 41.5 Å². The lowest BCUT2D eigenvalue weighted by atomic mass is 9.99. The van der Waals surface area contributed by atoms with E-state index >= 15 is 0 Å². The minimum atomic E-state index is -0.281. The van der Waals surface area contributed by atoms with E-state index in [0.29, 0.717) is 18.8 Å². The van der Waals surface area contributed by atoms with Crippen molar-refractivity contribution in [3.63, 3.8) is 0 Å². The molecule has 1 amide bonds. The van der Waals surface area contributed by atoms with E-state index in [1.165, 1.54) is 12.1 Å². The molecule has 0 aliphatic heterocycles. The fraction of sp³-hybridized carbons (Fsp3) is 0.467. The Hall–Kier alpha value is -2.31. The van der Waals surface area contributed by atoms with Crippen molar-refractivity contribution in [2.75, 3.05) is 13.6 Å². The number of rotatable bonds is 6. The fourth-order valence-corrected chi connectivity index (χ4v) is 2.44. The number of aromatic nitrogens is 4. The van der Waals surface area contributed by atoms with Gasteiger partial charge in [-0.05, 0) is 24.1 Å². The van der Waals surface area contributed by atoms with Gasteiger partial charge in [0.1, 0.15) is 5.82 Å². The highest BCUT2D eigenvalue weighted by Gasteiger charge is 2.21. The average Bonchev–Trinajstić information content (AvgIpc) is 3.00. The number of H-pyrrole nitrogens is 1. The van der Waals surface area contributed by atoms with Gasteiger partial charge >= 0.3 is 0 Å². The Bertz CT molecular complexity index is 616. The van der Waals surface area contributed by atoms with Gasteiger partial charge in [0.2, 0.25) is 5.91 Å². The molecule has 0 saturated heterocycles. The number of nitrogens with zero attached hydrogens (tertiary/aromatic N) is 4. The van der Waals surface area contributed by atoms with Crippen LogP contribution in [-0.4, -0.2) is 45.0 Å². The largest absolute Gasteiger partial charge is 0.345 e. The highest BCUT2D eigenvalue weighted by Crippen LogP contribution is 2.15. The summed E-state index contributed by atoms with van der Waals surface area (Å²) in [4.78, 5) is 14.1. The van der Waals surface area contributed by atoms with Gasteiger partial charge in [0.15, 0.2) is 5.82 Å². The molecule has 0 saturated carbocycles. The first kappa shape index (κ1) is 16.1. The predicted molar refractivity (Wildman–Crippen MR) is 79.5 cm³/mol. The van der Waals surface area contributed by atoms with Gasteiger partial charge in [0, 0.05) is 25.4 Å². The van der Waals surface area contributed by atoms with Crippen LogP contribution >= 0.6 is 0 Å². The van der Waals surface area contributed by atoms with Crippen LogP contribution in [0.25, 0.3) is 0 Å². The van der Waals surface area contributed by atoms with E-state index in [9.17, 15) is 9.18 Å². The zero-order valence-electron chi connectivity index (χ0n) is 13.0. The van der Waals surface area contributed by atoms with Gasteiger partial charge in [-0.25, -0.2) is 4.39 Å². The zero-order chi connectivity index (χ0) is 16.1. The van der Waals surface area contributed by atoms with E-state index in [0.717, 1.165) is 5.56 Å². The van der Waals surface area contributed by atoms with Gasteiger partial charge in [0.05, 0.1) is 0 Å². The number of halogens is 1. The van der Waals surface area contributed by atoms with E-state index in [1.54, 1.807) is 18.0 Å². The van der Waals surface area contributed by atoms with Crippen molar-refractivity contribution in [3.8, 4) is 0 Å². The molecular weight excluding hydrogens is 285 g/mol. The molecule has 6 nitrogen and oxygen atoms in total. The Labute approximate surface area is 128 Å². The summed E-state index contributed by atoms with van der Waals surface area (Å²) in [5, 5.41) is 13.8. The Morgan fingerprint density at radius 1 is 1.41 bits per heavy atom. The SMILES string of the molecule is C[C@@H](Cc1cccc(F)c1)C(=O)N(C)C[C@H](C)c1nn[nH]n1. The molecule has 2 aromatic rings. The third-order valence-corrected chi connectivity index (χ3v) is 3.58. The molecule has 0 spiro atoms. The molecule has 2 atom stereocenters. The predicted octanol–water partition coefficient (Wildman–Crippen LogP) is 1.78. The van der Waals surface area contributed by atoms with E-state index in [1.807, 2.05) is 19.9 Å². The number of hydrogen-bond donors (Lipinski definition) is 1. The second-order valence-electron chi connectivity index (χ2n) is 5.62. The molecule has 7 heteroatoms. The van der Waals surface area contributed by atoms with Crippen LogP contribution in [0.1, 0.15) is 31.2 Å². The number of benzene rings is 1. The van der Waals surface area contributed by atoms with Crippen LogP contribution in [0.15, 0.2) is 24.3 Å². The minimum absolute atomic E-state index is 0.00549. The number of nitrogens with one attached hydrogen (secondary N) is 1. The highest BCUT2D eigenvalue weighted by atomic mass is 19.1. The number of likely N-dealkylation sites (N-methyl/N-ethyl adjacent to an activating group) is 1. The molecular formula is C15H20FN5O. The second kappa shape index (κ2) is 7.11. The molecule has 0 unspecified atom stereocenters. The molecule has 1 aromatic heterocycles. The summed E-state index contributed by atoms with van der Waals surface area (Å²) < 4.78 is 13.2. The lowest BCUT2D eigenvalue weighted by Crippen LogP contribution is -2.35. The summed E-state index contributed by atoms with van der Waals surface area (Å²) in [6.45, 7) is 4.29. The summed E-state index contributed by atoms with van der Waals surface area (Å²) in [7, 11) is 1.75. The Morgan fingerprint density at radius 2 is 2.18 bits per heavy atom. The van der Waals surface area contributed by atoms with E-state index in [2.05, 4.69) is 20.6 Å². The molecule has 1 aromatic carbocycles. The standard InChI is InChI=1S/C15H20FN5O/c1-10(7-12-5-4-6-13(16)8-12)15(22)21(3)9-11(2)14-17-19-20-18-14/h4-6,8,10-11H,7,9H2,1-3H3,(H,17,18,19,20)/t10-,11-/m0/s1. The third kappa shape index (κ3) is 4.09. The summed E-state index contributed by atoms with van der Waals surface area (Å²) in [6, 6.07) is 6.35. The van der Waals surface area contributed by atoms with Crippen molar-refractivity contribution in [2.24, 2.45) is 5.92 Å². The maximum atomic E-state index is 13.2. The zero-order valence-corrected chi connectivity index (χ0v) is 13.0. The topological polar surface area (TPSA) is 74.8 Å². The number of carbonyl (C=O) groups excluding carboxylic acids is 1. The molecule has 118 valence electrons. The lowest BCUT2D eigenvalue weighted by molar-refractivity contribution is -0.133. The van der Waals surface area contributed by atoms with Gasteiger partial charge in [0.25, 0.3) is 0 Å². The molecule has 22 heavy (non-hydrogen) atoms. The van der Waals surface area contributed by atoms with Crippen LogP contribution in [0.4, 0.5) is 4.39 Å². The molecule has 0 bridgehead atoms. The van der Waals surface area contributed by atoms with Crippen LogP contribution < -0.4 is 0 Å². The van der Waals surface area contributed by atoms with Gasteiger partial charge in [-0.2, -0.15) is 5.21 Å². The number of tetrazole rings is 1. The maximum Gasteiger partial charge on any atom is 0.225 e. The minimum Gasteiger partial charge on any atom is -0.345 e. The smallest absolute Gasteiger partial charge is 0.225 e. The van der Waals surface area contributed by atoms with E-state index < -0.39 is 0 Å². The molecule has 0 aliphatic carbocycles. The van der Waals surface area contributed by atoms with Crippen molar-refractivity contribution in [1.82, 2.24) is 25.5 Å². The normalized spacial score (nSPS) is 13.6. The van der Waals surface area contributed by atoms with E-state index in [4.69, 9.17) is 0 Å². The first-order valence-electron chi connectivity index (χ1n) is 7.20. The van der Waals surface area contributed by atoms with Crippen LogP contribution in [0.5, 0.6) is 0 Å². The highest BCUT2D eigenvalue weighted by molar-refractivity contribution is 5.78. The first-order chi connectivity index (χ1) is 10.5. The fourth-order valence-electron chi connectivity index (χ4n) is 2.44. The summed E-state index contributed by atoms with van der Waals surface area (Å²) >= 11 is 0. The van der Waals surface area contributed by atoms with Crippen LogP contribution in [0.2, 0.25) is 0 Å². The average molecular weight is 305 g/mol. The monoisotopic (exact) mass is 305 g/mol. The number of amides is 1. The molecule has 1 N–H and O–H groups in total. The summed E-state index contributed by atoms with van der Waals surface area (Å²) in [5.41, 5.74) is 0.820. The Kier molecular flexibility index (Phi) is 5.19. The van der Waals surface area contributed by atoms with Crippen molar-refractivity contribution in [1.29, 1.82) is 0 Å². The molecule has 0 aliphatic rings. The van der Waals surface area contributed by atoms with Crippen molar-refractivity contribution < 1.29 is 9.18 Å². The Balaban J connectivity index is 1.92. The lowest BCUT2D eigenvalue weighted by Gasteiger charge is -2.23. The summed E-state index contributed by atoms with van der Waals surface area (Å²) in [6.07, 6.45) is 0.511. The number of aromatic amines is 1. The number of hydrogen-bond acceptors (Lipinski definition) is 4. The molecule has 1 heterocycles. The van der Waals surface area contributed by atoms with Gasteiger partial charge in [-0.1, -0.05) is 31.2 Å². The van der Waals surface area contributed by atoms with Gasteiger partial charge in [-0.15, -0.1) is 10.2 Å². The third-order valence-electron chi connectivity index (χ3n) is 3.58. The van der Waals surface area contributed by atoms with Gasteiger partial charge in [-0.3, -0.25) is 4.79 Å². The molecule has 2 rings (SSSR count). The summed E-state index contributed by atoms with van der Waals surface area (Å²) in [5.74, 6) is 0.0895. The molecule has 0 fully saturated rings. The first-order valence-corrected chi connectivity index (χ1v) is 7.20. The Morgan fingerprint density at radius 3 is 2.82 bits per heavy atom. The van der Waals surface area contributed by atoms with Crippen LogP contribution in [0.3, 0.4) is 0 Å². The van der Waals surface area contributed by atoms with Gasteiger partial charge < -0.3 is 4.90 Å². The molecule has 0 radical (unpaired) electrons. The maximum absolute atomic E-state index is 13.2. The number of carbonyl (C=O) groups is 1.